The molecule has 1 fully saturated rings. The van der Waals surface area contributed by atoms with Gasteiger partial charge in [-0.1, -0.05) is 6.07 Å². The van der Waals surface area contributed by atoms with E-state index in [1.165, 1.54) is 0 Å². The molecule has 0 N–H and O–H groups in total. The molecule has 1 amide bonds. The molecule has 5 nitrogen and oxygen atoms in total. The van der Waals surface area contributed by atoms with E-state index in [0.29, 0.717) is 0 Å². The lowest BCUT2D eigenvalue weighted by Gasteiger charge is -2.25. The van der Waals surface area contributed by atoms with E-state index >= 15 is 0 Å². The maximum absolute atomic E-state index is 12.7. The number of hydrogen-bond acceptors (Lipinski definition) is 4. The zero-order chi connectivity index (χ0) is 17.6. The molecular formula is C20H22N2O3. The van der Waals surface area contributed by atoms with Crippen LogP contribution in [0.15, 0.2) is 48.7 Å². The summed E-state index contributed by atoms with van der Waals surface area (Å²) in [6.07, 6.45) is 6.93. The van der Waals surface area contributed by atoms with Gasteiger partial charge in [0.2, 0.25) is 5.91 Å². The molecule has 2 aromatic rings. The number of nitrogens with zero attached hydrogens (tertiary/aromatic N) is 2. The predicted molar refractivity (Wildman–Crippen MR) is 96.5 cm³/mol. The number of hydrogen-bond donors (Lipinski definition) is 0. The molecule has 25 heavy (non-hydrogen) atoms. The summed E-state index contributed by atoms with van der Waals surface area (Å²) in [5, 5.41) is 0. The minimum absolute atomic E-state index is 0.00840. The number of pyridine rings is 1. The normalized spacial score (nSPS) is 17.0. The van der Waals surface area contributed by atoms with E-state index in [0.717, 1.165) is 42.1 Å². The van der Waals surface area contributed by atoms with Crippen LogP contribution in [0.1, 0.15) is 30.1 Å². The van der Waals surface area contributed by atoms with Crippen molar-refractivity contribution in [3.63, 3.8) is 0 Å². The van der Waals surface area contributed by atoms with Crippen molar-refractivity contribution < 1.29 is 14.3 Å². The van der Waals surface area contributed by atoms with Gasteiger partial charge in [-0.2, -0.15) is 0 Å². The van der Waals surface area contributed by atoms with Gasteiger partial charge in [0, 0.05) is 24.4 Å². The highest BCUT2D eigenvalue weighted by molar-refractivity contribution is 5.92. The Hall–Kier alpha value is -2.82. The Balaban J connectivity index is 1.83. The predicted octanol–water partition coefficient (Wildman–Crippen LogP) is 3.48. The summed E-state index contributed by atoms with van der Waals surface area (Å²) in [5.41, 5.74) is 1.75. The number of aromatic nitrogens is 1. The van der Waals surface area contributed by atoms with Gasteiger partial charge in [-0.05, 0) is 49.2 Å². The average molecular weight is 338 g/mol. The SMILES string of the molecule is COc1ccc(OC)c(C2CCCN2C(=O)C=Cc2ccccn2)c1. The van der Waals surface area contributed by atoms with Crippen LogP contribution in [0.4, 0.5) is 0 Å². The molecule has 1 aliphatic rings. The molecule has 1 aromatic carbocycles. The first-order valence-electron chi connectivity index (χ1n) is 8.34. The summed E-state index contributed by atoms with van der Waals surface area (Å²) in [5.74, 6) is 1.52. The van der Waals surface area contributed by atoms with Gasteiger partial charge in [0.25, 0.3) is 0 Å². The minimum atomic E-state index is -0.0157. The molecule has 0 saturated carbocycles. The summed E-state index contributed by atoms with van der Waals surface area (Å²) in [7, 11) is 3.28. The fourth-order valence-corrected chi connectivity index (χ4v) is 3.18. The van der Waals surface area contributed by atoms with Crippen molar-refractivity contribution in [3.8, 4) is 11.5 Å². The number of carbonyl (C=O) groups excluding carboxylic acids is 1. The van der Waals surface area contributed by atoms with E-state index in [1.807, 2.05) is 41.3 Å². The van der Waals surface area contributed by atoms with Gasteiger partial charge in [0.05, 0.1) is 26.0 Å². The minimum Gasteiger partial charge on any atom is -0.497 e. The standard InChI is InChI=1S/C20H22N2O3/c1-24-16-9-10-19(25-2)17(14-16)18-7-5-13-22(18)20(23)11-8-15-6-3-4-12-21-15/h3-4,6,8-12,14,18H,5,7,13H2,1-2H3. The molecule has 2 heterocycles. The van der Waals surface area contributed by atoms with E-state index in [2.05, 4.69) is 4.98 Å². The van der Waals surface area contributed by atoms with Gasteiger partial charge in [-0.3, -0.25) is 9.78 Å². The van der Waals surface area contributed by atoms with Gasteiger partial charge >= 0.3 is 0 Å². The Bertz CT molecular complexity index is 759. The Morgan fingerprint density at radius 3 is 2.84 bits per heavy atom. The summed E-state index contributed by atoms with van der Waals surface area (Å²) in [6.45, 7) is 0.733. The van der Waals surface area contributed by atoms with Crippen LogP contribution in [0.3, 0.4) is 0 Å². The first-order valence-corrected chi connectivity index (χ1v) is 8.34. The van der Waals surface area contributed by atoms with Crippen LogP contribution in [-0.4, -0.2) is 36.6 Å². The van der Waals surface area contributed by atoms with Crippen LogP contribution in [0.5, 0.6) is 11.5 Å². The van der Waals surface area contributed by atoms with Gasteiger partial charge in [0.1, 0.15) is 11.5 Å². The molecule has 1 saturated heterocycles. The van der Waals surface area contributed by atoms with Gasteiger partial charge in [0.15, 0.2) is 0 Å². The van der Waals surface area contributed by atoms with Crippen molar-refractivity contribution in [2.45, 2.75) is 18.9 Å². The van der Waals surface area contributed by atoms with E-state index in [9.17, 15) is 4.79 Å². The molecule has 1 atom stereocenters. The fraction of sp³-hybridized carbons (Fsp3) is 0.300. The highest BCUT2D eigenvalue weighted by atomic mass is 16.5. The summed E-state index contributed by atoms with van der Waals surface area (Å²) < 4.78 is 10.8. The first-order chi connectivity index (χ1) is 12.2. The molecule has 0 spiro atoms. The fourth-order valence-electron chi connectivity index (χ4n) is 3.18. The Morgan fingerprint density at radius 2 is 2.12 bits per heavy atom. The lowest BCUT2D eigenvalue weighted by molar-refractivity contribution is -0.126. The summed E-state index contributed by atoms with van der Waals surface area (Å²) >= 11 is 0. The van der Waals surface area contributed by atoms with Crippen LogP contribution in [0, 0.1) is 0 Å². The Labute approximate surface area is 147 Å². The second-order valence-corrected chi connectivity index (χ2v) is 5.89. The molecule has 3 rings (SSSR count). The monoisotopic (exact) mass is 338 g/mol. The third-order valence-electron chi connectivity index (χ3n) is 4.42. The van der Waals surface area contributed by atoms with Crippen LogP contribution in [0.2, 0.25) is 0 Å². The topological polar surface area (TPSA) is 51.7 Å². The van der Waals surface area contributed by atoms with Gasteiger partial charge < -0.3 is 14.4 Å². The van der Waals surface area contributed by atoms with Crippen LogP contribution in [0.25, 0.3) is 6.08 Å². The lowest BCUT2D eigenvalue weighted by Crippen LogP contribution is -2.29. The number of likely N-dealkylation sites (tertiary alicyclic amines) is 1. The van der Waals surface area contributed by atoms with Crippen molar-refractivity contribution in [2.24, 2.45) is 0 Å². The van der Waals surface area contributed by atoms with E-state index < -0.39 is 0 Å². The second kappa shape index (κ2) is 7.83. The molecule has 1 aromatic heterocycles. The lowest BCUT2D eigenvalue weighted by atomic mass is 10.0. The number of methoxy groups -OCH3 is 2. The van der Waals surface area contributed by atoms with Crippen LogP contribution >= 0.6 is 0 Å². The van der Waals surface area contributed by atoms with Crippen molar-refractivity contribution in [2.75, 3.05) is 20.8 Å². The maximum atomic E-state index is 12.7. The molecule has 0 bridgehead atoms. The van der Waals surface area contributed by atoms with E-state index in [4.69, 9.17) is 9.47 Å². The van der Waals surface area contributed by atoms with Gasteiger partial charge in [-0.15, -0.1) is 0 Å². The zero-order valence-electron chi connectivity index (χ0n) is 14.5. The van der Waals surface area contributed by atoms with Crippen molar-refractivity contribution in [3.05, 3.63) is 59.9 Å². The molecule has 1 aliphatic heterocycles. The largest absolute Gasteiger partial charge is 0.497 e. The summed E-state index contributed by atoms with van der Waals surface area (Å²) in [6, 6.07) is 11.3. The average Bonchev–Trinajstić information content (AvgIpc) is 3.16. The third-order valence-corrected chi connectivity index (χ3v) is 4.42. The molecule has 0 aliphatic carbocycles. The Morgan fingerprint density at radius 1 is 1.24 bits per heavy atom. The van der Waals surface area contributed by atoms with E-state index in [-0.39, 0.29) is 11.9 Å². The Kier molecular flexibility index (Phi) is 5.33. The molecule has 1 unspecified atom stereocenters. The third kappa shape index (κ3) is 3.82. The van der Waals surface area contributed by atoms with Crippen molar-refractivity contribution in [1.29, 1.82) is 0 Å². The highest BCUT2D eigenvalue weighted by Gasteiger charge is 2.31. The number of amides is 1. The van der Waals surface area contributed by atoms with Crippen molar-refractivity contribution in [1.82, 2.24) is 9.88 Å². The second-order valence-electron chi connectivity index (χ2n) is 5.89. The molecule has 130 valence electrons. The van der Waals surface area contributed by atoms with Gasteiger partial charge in [-0.25, -0.2) is 0 Å². The molecule has 0 radical (unpaired) electrons. The first kappa shape index (κ1) is 17.0. The number of benzene rings is 1. The molecular weight excluding hydrogens is 316 g/mol. The number of carbonyl (C=O) groups is 1. The van der Waals surface area contributed by atoms with Crippen LogP contribution < -0.4 is 9.47 Å². The molecule has 5 heteroatoms. The van der Waals surface area contributed by atoms with Crippen molar-refractivity contribution >= 4 is 12.0 Å². The number of rotatable bonds is 5. The van der Waals surface area contributed by atoms with E-state index in [1.54, 1.807) is 32.6 Å². The quantitative estimate of drug-likeness (QED) is 0.783. The maximum Gasteiger partial charge on any atom is 0.247 e. The smallest absolute Gasteiger partial charge is 0.247 e. The zero-order valence-corrected chi connectivity index (χ0v) is 14.5. The summed E-state index contributed by atoms with van der Waals surface area (Å²) in [4.78, 5) is 18.8. The number of ether oxygens (including phenoxy) is 2. The highest BCUT2D eigenvalue weighted by Crippen LogP contribution is 2.39. The van der Waals surface area contributed by atoms with Crippen LogP contribution in [-0.2, 0) is 4.79 Å².